The minimum absolute atomic E-state index is 0.0326. The lowest BCUT2D eigenvalue weighted by Gasteiger charge is -2.25. The largest absolute Gasteiger partial charge is 0.497 e. The van der Waals surface area contributed by atoms with E-state index in [1.807, 2.05) is 61.6 Å². The molecular formula is C30H34N6O4. The number of nitrogens with zero attached hydrogens (tertiary/aromatic N) is 3. The first-order valence-corrected chi connectivity index (χ1v) is 13.7. The molecule has 1 aliphatic carbocycles. The quantitative estimate of drug-likeness (QED) is 0.168. The van der Waals surface area contributed by atoms with Crippen molar-refractivity contribution in [3.05, 3.63) is 59.9 Å². The number of hydrogen-bond donors (Lipinski definition) is 3. The Morgan fingerprint density at radius 3 is 2.70 bits per heavy atom. The number of guanidine groups is 1. The number of fused-ring (bicyclic) bond motifs is 1. The number of nitrogens with one attached hydrogen (secondary N) is 3. The Balaban J connectivity index is 1.26. The molecule has 1 saturated heterocycles. The van der Waals surface area contributed by atoms with E-state index >= 15 is 0 Å². The molecule has 3 N–H and O–H groups in total. The summed E-state index contributed by atoms with van der Waals surface area (Å²) in [6, 6.07) is 14.4. The Kier molecular flexibility index (Phi) is 8.20. The van der Waals surface area contributed by atoms with Gasteiger partial charge in [-0.25, -0.2) is 4.99 Å². The minimum Gasteiger partial charge on any atom is -0.497 e. The molecule has 3 aromatic rings. The van der Waals surface area contributed by atoms with E-state index in [1.54, 1.807) is 12.0 Å². The van der Waals surface area contributed by atoms with E-state index in [-0.39, 0.29) is 30.4 Å². The smallest absolute Gasteiger partial charge is 0.247 e. The van der Waals surface area contributed by atoms with Crippen LogP contribution in [0.2, 0.25) is 0 Å². The maximum Gasteiger partial charge on any atom is 0.247 e. The van der Waals surface area contributed by atoms with Crippen molar-refractivity contribution in [1.29, 1.82) is 5.26 Å². The molecule has 2 atom stereocenters. The number of hydrogen-bond acceptors (Lipinski definition) is 6. The van der Waals surface area contributed by atoms with Crippen LogP contribution in [0, 0.1) is 24.3 Å². The Morgan fingerprint density at radius 1 is 1.18 bits per heavy atom. The van der Waals surface area contributed by atoms with Crippen LogP contribution in [0.25, 0.3) is 11.0 Å². The van der Waals surface area contributed by atoms with Crippen LogP contribution in [-0.2, 0) is 9.59 Å². The van der Waals surface area contributed by atoms with Crippen molar-refractivity contribution in [3.8, 4) is 11.9 Å². The third-order valence-electron chi connectivity index (χ3n) is 7.33. The number of furan rings is 1. The lowest BCUT2D eigenvalue weighted by atomic mass is 10.0. The summed E-state index contributed by atoms with van der Waals surface area (Å²) in [5.41, 5.74) is 2.50. The van der Waals surface area contributed by atoms with E-state index in [1.165, 1.54) is 0 Å². The average molecular weight is 543 g/mol. The van der Waals surface area contributed by atoms with Crippen molar-refractivity contribution in [2.24, 2.45) is 10.9 Å². The summed E-state index contributed by atoms with van der Waals surface area (Å²) in [7, 11) is 1.63. The van der Waals surface area contributed by atoms with Gasteiger partial charge < -0.3 is 24.7 Å². The number of rotatable bonds is 8. The number of anilines is 1. The van der Waals surface area contributed by atoms with Crippen molar-refractivity contribution >= 4 is 34.4 Å². The van der Waals surface area contributed by atoms with E-state index < -0.39 is 6.04 Å². The molecule has 208 valence electrons. The van der Waals surface area contributed by atoms with Gasteiger partial charge in [0.1, 0.15) is 23.1 Å². The zero-order chi connectivity index (χ0) is 28.1. The van der Waals surface area contributed by atoms with Gasteiger partial charge in [0.05, 0.1) is 19.7 Å². The summed E-state index contributed by atoms with van der Waals surface area (Å²) >= 11 is 0. The number of amides is 2. The second-order valence-corrected chi connectivity index (χ2v) is 10.4. The summed E-state index contributed by atoms with van der Waals surface area (Å²) in [5, 5.41) is 19.1. The van der Waals surface area contributed by atoms with Crippen molar-refractivity contribution in [2.75, 3.05) is 25.5 Å². The van der Waals surface area contributed by atoms with E-state index in [0.717, 1.165) is 53.7 Å². The topological polar surface area (TPSA) is 132 Å². The van der Waals surface area contributed by atoms with Crippen LogP contribution in [0.4, 0.5) is 5.69 Å². The first kappa shape index (κ1) is 27.1. The van der Waals surface area contributed by atoms with Gasteiger partial charge in [0, 0.05) is 17.6 Å². The predicted molar refractivity (Wildman–Crippen MR) is 152 cm³/mol. The molecule has 10 nitrogen and oxygen atoms in total. The number of carbonyl (C=O) groups is 2. The van der Waals surface area contributed by atoms with Gasteiger partial charge in [0.25, 0.3) is 0 Å². The van der Waals surface area contributed by atoms with Gasteiger partial charge >= 0.3 is 0 Å². The SMILES string of the molecule is COc1ccc(C(NC(=O)CN2CCCCC(N=C(NC#N)Nc3ccc4oc(C)cc4c3)C2=O)C2CC2)cc1. The Morgan fingerprint density at radius 2 is 1.98 bits per heavy atom. The number of carbonyl (C=O) groups excluding carboxylic acids is 2. The van der Waals surface area contributed by atoms with Crippen LogP contribution >= 0.6 is 0 Å². The molecule has 0 radical (unpaired) electrons. The lowest BCUT2D eigenvalue weighted by Crippen LogP contribution is -2.45. The third-order valence-corrected chi connectivity index (χ3v) is 7.33. The highest BCUT2D eigenvalue weighted by atomic mass is 16.5. The summed E-state index contributed by atoms with van der Waals surface area (Å²) in [6.45, 7) is 2.33. The standard InChI is InChI=1S/C30H34N6O4/c1-19-15-22-16-23(10-13-26(22)40-19)33-30(32-18-31)34-25-5-3-4-14-36(29(25)38)17-27(37)35-28(20-6-7-20)21-8-11-24(39-2)12-9-21/h8-13,15-16,20,25,28H,3-7,14,17H2,1-2H3,(H,35,37)(H2,32,33,34). The molecule has 5 rings (SSSR count). The molecule has 2 aromatic carbocycles. The van der Waals surface area contributed by atoms with Gasteiger partial charge in [-0.15, -0.1) is 0 Å². The van der Waals surface area contributed by atoms with Gasteiger partial charge in [0.2, 0.25) is 17.8 Å². The lowest BCUT2D eigenvalue weighted by molar-refractivity contribution is -0.136. The summed E-state index contributed by atoms with van der Waals surface area (Å²) in [4.78, 5) is 32.8. The van der Waals surface area contributed by atoms with E-state index in [9.17, 15) is 14.9 Å². The van der Waals surface area contributed by atoms with Gasteiger partial charge in [-0.1, -0.05) is 12.1 Å². The van der Waals surface area contributed by atoms with E-state index in [0.29, 0.717) is 24.6 Å². The van der Waals surface area contributed by atoms with Crippen LogP contribution in [-0.4, -0.2) is 48.9 Å². The number of ether oxygens (including phenoxy) is 1. The highest BCUT2D eigenvalue weighted by Crippen LogP contribution is 2.41. The molecule has 1 saturated carbocycles. The first-order chi connectivity index (χ1) is 19.4. The number of aliphatic imine (C=N–C) groups is 1. The van der Waals surface area contributed by atoms with E-state index in [4.69, 9.17) is 9.15 Å². The minimum atomic E-state index is -0.709. The fourth-order valence-electron chi connectivity index (χ4n) is 5.16. The molecule has 2 aliphatic rings. The average Bonchev–Trinajstić information content (AvgIpc) is 3.74. The molecule has 0 spiro atoms. The van der Waals surface area contributed by atoms with Crippen molar-refractivity contribution in [1.82, 2.24) is 15.5 Å². The maximum atomic E-state index is 13.5. The zero-order valence-electron chi connectivity index (χ0n) is 22.8. The number of nitriles is 1. The summed E-state index contributed by atoms with van der Waals surface area (Å²) < 4.78 is 10.9. The van der Waals surface area contributed by atoms with Gasteiger partial charge in [0.15, 0.2) is 6.19 Å². The third kappa shape index (κ3) is 6.54. The molecule has 2 fully saturated rings. The van der Waals surface area contributed by atoms with Crippen molar-refractivity contribution in [3.63, 3.8) is 0 Å². The molecule has 40 heavy (non-hydrogen) atoms. The predicted octanol–water partition coefficient (Wildman–Crippen LogP) is 4.24. The Bertz CT molecular complexity index is 1440. The molecule has 1 aromatic heterocycles. The van der Waals surface area contributed by atoms with Crippen LogP contribution < -0.4 is 20.7 Å². The monoisotopic (exact) mass is 542 g/mol. The van der Waals surface area contributed by atoms with Gasteiger partial charge in [-0.3, -0.25) is 14.9 Å². The number of likely N-dealkylation sites (tertiary alicyclic amines) is 1. The molecule has 2 amide bonds. The molecule has 2 unspecified atom stereocenters. The fourth-order valence-corrected chi connectivity index (χ4v) is 5.16. The highest BCUT2D eigenvalue weighted by molar-refractivity contribution is 5.98. The summed E-state index contributed by atoms with van der Waals surface area (Å²) in [6.07, 6.45) is 6.11. The van der Waals surface area contributed by atoms with Crippen LogP contribution in [0.15, 0.2) is 57.9 Å². The van der Waals surface area contributed by atoms with Crippen molar-refractivity contribution < 1.29 is 18.7 Å². The normalized spacial score (nSPS) is 18.5. The number of benzene rings is 2. The molecule has 1 aliphatic heterocycles. The van der Waals surface area contributed by atoms with Crippen molar-refractivity contribution in [2.45, 2.75) is 51.1 Å². The van der Waals surface area contributed by atoms with Crippen LogP contribution in [0.5, 0.6) is 5.75 Å². The van der Waals surface area contributed by atoms with Crippen LogP contribution in [0.1, 0.15) is 49.5 Å². The van der Waals surface area contributed by atoms with Gasteiger partial charge in [-0.05, 0) is 86.9 Å². The van der Waals surface area contributed by atoms with Crippen LogP contribution in [0.3, 0.4) is 0 Å². The molecular weight excluding hydrogens is 508 g/mol. The zero-order valence-corrected chi connectivity index (χ0v) is 22.8. The second-order valence-electron chi connectivity index (χ2n) is 10.4. The number of methoxy groups -OCH3 is 1. The number of aryl methyl sites for hydroxylation is 1. The Hall–Kier alpha value is -4.52. The maximum absolute atomic E-state index is 13.5. The second kappa shape index (κ2) is 12.1. The van der Waals surface area contributed by atoms with E-state index in [2.05, 4.69) is 20.9 Å². The molecule has 10 heteroatoms. The highest BCUT2D eigenvalue weighted by Gasteiger charge is 2.35. The molecule has 0 bridgehead atoms. The molecule has 2 heterocycles. The summed E-state index contributed by atoms with van der Waals surface area (Å²) in [5.74, 6) is 1.73. The first-order valence-electron chi connectivity index (χ1n) is 13.7. The Labute approximate surface area is 233 Å². The van der Waals surface area contributed by atoms with Gasteiger partial charge in [-0.2, -0.15) is 5.26 Å². The fraction of sp³-hybridized carbons (Fsp3) is 0.400.